The van der Waals surface area contributed by atoms with Crippen molar-refractivity contribution in [1.29, 1.82) is 0 Å². The van der Waals surface area contributed by atoms with Gasteiger partial charge in [-0.1, -0.05) is 41.6 Å². The van der Waals surface area contributed by atoms with Gasteiger partial charge in [-0.2, -0.15) is 0 Å². The molecule has 4 aromatic rings. The topological polar surface area (TPSA) is 72.2 Å². The van der Waals surface area contributed by atoms with E-state index in [-0.39, 0.29) is 11.1 Å². The first kappa shape index (κ1) is 19.2. The third-order valence-corrected chi connectivity index (χ3v) is 5.80. The SMILES string of the molecule is O=C(O)c1cn(Cc2ccccc2Sc2ccc(Cl)cc2)c2cccnc2c1=O. The highest BCUT2D eigenvalue weighted by Gasteiger charge is 2.16. The minimum absolute atomic E-state index is 0.148. The number of carboxylic acids is 1. The maximum absolute atomic E-state index is 12.4. The largest absolute Gasteiger partial charge is 0.477 e. The zero-order chi connectivity index (χ0) is 20.4. The lowest BCUT2D eigenvalue weighted by Crippen LogP contribution is -2.20. The first-order chi connectivity index (χ1) is 14.0. The molecule has 0 unspecified atom stereocenters. The van der Waals surface area contributed by atoms with Crippen LogP contribution in [0.5, 0.6) is 0 Å². The smallest absolute Gasteiger partial charge is 0.341 e. The van der Waals surface area contributed by atoms with Crippen LogP contribution >= 0.6 is 23.4 Å². The lowest BCUT2D eigenvalue weighted by molar-refractivity contribution is 0.0695. The highest BCUT2D eigenvalue weighted by atomic mass is 35.5. The Morgan fingerprint density at radius 2 is 1.83 bits per heavy atom. The van der Waals surface area contributed by atoms with E-state index in [1.807, 2.05) is 48.5 Å². The molecule has 144 valence electrons. The van der Waals surface area contributed by atoms with E-state index < -0.39 is 11.4 Å². The highest BCUT2D eigenvalue weighted by molar-refractivity contribution is 7.99. The minimum Gasteiger partial charge on any atom is -0.477 e. The average Bonchev–Trinajstić information content (AvgIpc) is 2.73. The summed E-state index contributed by atoms with van der Waals surface area (Å²) >= 11 is 7.57. The Bertz CT molecular complexity index is 1270. The third kappa shape index (κ3) is 4.04. The third-order valence-electron chi connectivity index (χ3n) is 4.43. The highest BCUT2D eigenvalue weighted by Crippen LogP contribution is 2.32. The van der Waals surface area contributed by atoms with Crippen molar-refractivity contribution >= 4 is 40.4 Å². The van der Waals surface area contributed by atoms with Crippen molar-refractivity contribution in [1.82, 2.24) is 9.55 Å². The molecule has 2 heterocycles. The molecule has 0 atom stereocenters. The molecule has 0 spiro atoms. The molecule has 5 nitrogen and oxygen atoms in total. The van der Waals surface area contributed by atoms with Gasteiger partial charge >= 0.3 is 5.97 Å². The number of carbonyl (C=O) groups is 1. The van der Waals surface area contributed by atoms with Gasteiger partial charge in [-0.05, 0) is 48.0 Å². The van der Waals surface area contributed by atoms with E-state index in [4.69, 9.17) is 11.6 Å². The van der Waals surface area contributed by atoms with Crippen molar-refractivity contribution in [2.75, 3.05) is 0 Å². The Labute approximate surface area is 175 Å². The first-order valence-corrected chi connectivity index (χ1v) is 9.95. The summed E-state index contributed by atoms with van der Waals surface area (Å²) in [6.07, 6.45) is 2.88. The summed E-state index contributed by atoms with van der Waals surface area (Å²) in [6.45, 7) is 0.402. The lowest BCUT2D eigenvalue weighted by atomic mass is 10.1. The van der Waals surface area contributed by atoms with E-state index in [2.05, 4.69) is 4.98 Å². The van der Waals surface area contributed by atoms with Gasteiger partial charge in [0, 0.05) is 33.8 Å². The predicted octanol–water partition coefficient (Wildman–Crippen LogP) is 4.95. The molecule has 0 saturated heterocycles. The van der Waals surface area contributed by atoms with E-state index in [0.29, 0.717) is 17.1 Å². The number of pyridine rings is 2. The van der Waals surface area contributed by atoms with Gasteiger partial charge in [0.1, 0.15) is 11.1 Å². The normalized spacial score (nSPS) is 10.9. The van der Waals surface area contributed by atoms with E-state index in [1.165, 1.54) is 12.4 Å². The van der Waals surface area contributed by atoms with Crippen LogP contribution in [-0.2, 0) is 6.54 Å². The second kappa shape index (κ2) is 8.11. The summed E-state index contributed by atoms with van der Waals surface area (Å²) in [5.74, 6) is -1.26. The summed E-state index contributed by atoms with van der Waals surface area (Å²) in [6, 6.07) is 19.0. The standard InChI is InChI=1S/C22H15ClN2O3S/c23-15-7-9-16(10-8-15)29-19-6-2-1-4-14(19)12-25-13-17(22(27)28)21(26)20-18(25)5-3-11-24-20/h1-11,13H,12H2,(H,27,28). The molecule has 2 aromatic heterocycles. The average molecular weight is 423 g/mol. The summed E-state index contributed by atoms with van der Waals surface area (Å²) in [7, 11) is 0. The van der Waals surface area contributed by atoms with Gasteiger partial charge in [0.25, 0.3) is 0 Å². The van der Waals surface area contributed by atoms with E-state index in [0.717, 1.165) is 15.4 Å². The van der Waals surface area contributed by atoms with Gasteiger partial charge in [0.15, 0.2) is 0 Å². The first-order valence-electron chi connectivity index (χ1n) is 8.76. The van der Waals surface area contributed by atoms with Crippen LogP contribution < -0.4 is 5.43 Å². The number of nitrogens with zero attached hydrogens (tertiary/aromatic N) is 2. The maximum Gasteiger partial charge on any atom is 0.341 e. The van der Waals surface area contributed by atoms with Crippen molar-refractivity contribution in [2.45, 2.75) is 16.3 Å². The zero-order valence-corrected chi connectivity index (χ0v) is 16.7. The molecule has 1 N–H and O–H groups in total. The Kier molecular flexibility index (Phi) is 5.38. The van der Waals surface area contributed by atoms with Gasteiger partial charge in [-0.25, -0.2) is 4.79 Å². The summed E-state index contributed by atoms with van der Waals surface area (Å²) in [5, 5.41) is 10.1. The summed E-state index contributed by atoms with van der Waals surface area (Å²) in [5.41, 5.74) is 0.869. The minimum atomic E-state index is -1.26. The van der Waals surface area contributed by atoms with Crippen LogP contribution in [0, 0.1) is 0 Å². The number of aromatic nitrogens is 2. The van der Waals surface area contributed by atoms with Crippen LogP contribution in [0.25, 0.3) is 11.0 Å². The molecule has 0 aliphatic rings. The molecule has 29 heavy (non-hydrogen) atoms. The monoisotopic (exact) mass is 422 g/mol. The van der Waals surface area contributed by atoms with Crippen LogP contribution in [0.4, 0.5) is 0 Å². The van der Waals surface area contributed by atoms with Crippen molar-refractivity contribution < 1.29 is 9.90 Å². The molecule has 0 radical (unpaired) electrons. The predicted molar refractivity (Wildman–Crippen MR) is 114 cm³/mol. The number of hydrogen-bond donors (Lipinski definition) is 1. The van der Waals surface area contributed by atoms with Crippen molar-refractivity contribution in [3.63, 3.8) is 0 Å². The zero-order valence-electron chi connectivity index (χ0n) is 15.1. The molecular formula is C22H15ClN2O3S. The number of benzene rings is 2. The quantitative estimate of drug-likeness (QED) is 0.492. The maximum atomic E-state index is 12.4. The van der Waals surface area contributed by atoms with Gasteiger partial charge in [-0.15, -0.1) is 0 Å². The molecule has 4 rings (SSSR count). The fraction of sp³-hybridized carbons (Fsp3) is 0.0455. The molecular weight excluding hydrogens is 408 g/mol. The molecule has 0 fully saturated rings. The number of rotatable bonds is 5. The van der Waals surface area contributed by atoms with Gasteiger partial charge in [0.2, 0.25) is 5.43 Å². The van der Waals surface area contributed by atoms with Gasteiger partial charge < -0.3 is 9.67 Å². The van der Waals surface area contributed by atoms with Crippen LogP contribution in [0.1, 0.15) is 15.9 Å². The number of carboxylic acid groups (broad SMARTS) is 1. The van der Waals surface area contributed by atoms with Crippen molar-refractivity contribution in [3.8, 4) is 0 Å². The van der Waals surface area contributed by atoms with Crippen LogP contribution in [0.2, 0.25) is 5.02 Å². The van der Waals surface area contributed by atoms with Crippen molar-refractivity contribution in [2.24, 2.45) is 0 Å². The van der Waals surface area contributed by atoms with Crippen LogP contribution in [-0.4, -0.2) is 20.6 Å². The summed E-state index contributed by atoms with van der Waals surface area (Å²) < 4.78 is 1.76. The fourth-order valence-corrected chi connectivity index (χ4v) is 4.11. The Hall–Kier alpha value is -3.09. The number of halogens is 1. The van der Waals surface area contributed by atoms with E-state index in [1.54, 1.807) is 28.5 Å². The Morgan fingerprint density at radius 3 is 2.59 bits per heavy atom. The molecule has 7 heteroatoms. The second-order valence-electron chi connectivity index (χ2n) is 6.34. The van der Waals surface area contributed by atoms with E-state index in [9.17, 15) is 14.7 Å². The second-order valence-corrected chi connectivity index (χ2v) is 7.89. The Balaban J connectivity index is 1.78. The number of hydrogen-bond acceptors (Lipinski definition) is 4. The molecule has 0 amide bonds. The fourth-order valence-electron chi connectivity index (χ4n) is 3.05. The van der Waals surface area contributed by atoms with Crippen LogP contribution in [0.15, 0.2) is 87.6 Å². The van der Waals surface area contributed by atoms with E-state index >= 15 is 0 Å². The van der Waals surface area contributed by atoms with Crippen molar-refractivity contribution in [3.05, 3.63) is 99.4 Å². The number of aromatic carboxylic acids is 1. The molecule has 0 aliphatic heterocycles. The molecule has 2 aromatic carbocycles. The van der Waals surface area contributed by atoms with Gasteiger partial charge in [0.05, 0.1) is 5.52 Å². The molecule has 0 aliphatic carbocycles. The molecule has 0 saturated carbocycles. The molecule has 0 bridgehead atoms. The number of fused-ring (bicyclic) bond motifs is 1. The summed E-state index contributed by atoms with van der Waals surface area (Å²) in [4.78, 5) is 30.2. The van der Waals surface area contributed by atoms with Gasteiger partial charge in [-0.3, -0.25) is 9.78 Å². The van der Waals surface area contributed by atoms with Crippen LogP contribution in [0.3, 0.4) is 0 Å². The Morgan fingerprint density at radius 1 is 1.07 bits per heavy atom. The lowest BCUT2D eigenvalue weighted by Gasteiger charge is -2.14.